The van der Waals surface area contributed by atoms with Gasteiger partial charge < -0.3 is 13.6 Å². The van der Waals surface area contributed by atoms with Crippen molar-refractivity contribution in [3.63, 3.8) is 0 Å². The standard InChI is InChI=1S/C18H22NO4.Yb/c1-4-5-8-13(2)22-17(20)11-15-9-6-7-10-16(15)19-18-21-12-14(3)23-18;/h6-7,9-10,13H,4-5,8,11H2,1-3H3;/q-1;. The van der Waals surface area contributed by atoms with Crippen molar-refractivity contribution in [1.82, 2.24) is 0 Å². The van der Waals surface area contributed by atoms with Gasteiger partial charge in [0.25, 0.3) is 0 Å². The fourth-order valence-corrected chi connectivity index (χ4v) is 2.17. The van der Waals surface area contributed by atoms with Gasteiger partial charge in [-0.15, -0.1) is 0 Å². The maximum atomic E-state index is 12.1. The molecule has 0 saturated carbocycles. The van der Waals surface area contributed by atoms with Gasteiger partial charge in [0.15, 0.2) is 0 Å². The average Bonchev–Trinajstić information content (AvgIpc) is 2.92. The number of unbranched alkanes of at least 4 members (excludes halogenated alkanes) is 1. The summed E-state index contributed by atoms with van der Waals surface area (Å²) in [7, 11) is 0. The summed E-state index contributed by atoms with van der Waals surface area (Å²) in [4.78, 5) is 16.3. The van der Waals surface area contributed by atoms with Crippen LogP contribution in [0.5, 0.6) is 0 Å². The SMILES string of the molecule is CCCCC(C)OC(=O)Cc1ccccc1N=c1o[c-]c(C)o1.[Yb]. The van der Waals surface area contributed by atoms with Gasteiger partial charge in [-0.25, -0.2) is 0 Å². The first-order valence-corrected chi connectivity index (χ1v) is 7.88. The Balaban J connectivity index is 0.00000288. The average molecular weight is 489 g/mol. The van der Waals surface area contributed by atoms with Crippen molar-refractivity contribution in [3.8, 4) is 0 Å². The van der Waals surface area contributed by atoms with Crippen molar-refractivity contribution in [3.05, 3.63) is 47.6 Å². The molecule has 138 valence electrons. The smallest absolute Gasteiger partial charge is 0.310 e. The van der Waals surface area contributed by atoms with E-state index in [9.17, 15) is 4.79 Å². The van der Waals surface area contributed by atoms with Crippen LogP contribution in [-0.2, 0) is 16.0 Å². The summed E-state index contributed by atoms with van der Waals surface area (Å²) < 4.78 is 15.7. The molecule has 1 atom stereocenters. The van der Waals surface area contributed by atoms with E-state index in [1.54, 1.807) is 13.0 Å². The first-order chi connectivity index (χ1) is 11.1. The maximum Gasteiger partial charge on any atom is 0.310 e. The minimum absolute atomic E-state index is 0. The number of aryl methyl sites for hydroxylation is 1. The summed E-state index contributed by atoms with van der Waals surface area (Å²) in [5, 5.41) is 0. The molecule has 0 aliphatic rings. The first-order valence-electron chi connectivity index (χ1n) is 7.88. The molecule has 1 aromatic carbocycles. The zero-order valence-electron chi connectivity index (χ0n) is 14.1. The van der Waals surface area contributed by atoms with Crippen molar-refractivity contribution in [1.29, 1.82) is 0 Å². The van der Waals surface area contributed by atoms with E-state index >= 15 is 0 Å². The summed E-state index contributed by atoms with van der Waals surface area (Å²) in [6.45, 7) is 5.76. The van der Waals surface area contributed by atoms with Crippen molar-refractivity contribution in [2.75, 3.05) is 0 Å². The number of carbonyl (C=O) groups is 1. The molecule has 1 heterocycles. The Labute approximate surface area is 180 Å². The van der Waals surface area contributed by atoms with Gasteiger partial charge in [-0.05, 0) is 38.2 Å². The van der Waals surface area contributed by atoms with Crippen LogP contribution in [0.25, 0.3) is 0 Å². The van der Waals surface area contributed by atoms with Gasteiger partial charge in [-0.1, -0.05) is 38.0 Å². The zero-order valence-corrected chi connectivity index (χ0v) is 15.8. The molecular weight excluding hydrogens is 467 g/mol. The number of hydrogen-bond donors (Lipinski definition) is 0. The Bertz CT molecular complexity index is 705. The molecule has 2 aromatic rings. The molecule has 0 aliphatic carbocycles. The Kier molecular flexibility index (Phi) is 9.71. The summed E-state index contributed by atoms with van der Waals surface area (Å²) in [5.74, 6) is 0.375. The third-order valence-corrected chi connectivity index (χ3v) is 3.36. The number of hydrogen-bond acceptors (Lipinski definition) is 5. The molecule has 6 heteroatoms. The van der Waals surface area contributed by atoms with Gasteiger partial charge >= 0.3 is 5.97 Å². The quantitative estimate of drug-likeness (QED) is 0.438. The number of nitrogens with zero attached hydrogens (tertiary/aromatic N) is 1. The zero-order chi connectivity index (χ0) is 16.7. The third kappa shape index (κ3) is 6.99. The maximum absolute atomic E-state index is 12.1. The van der Waals surface area contributed by atoms with Crippen molar-refractivity contribution in [2.45, 2.75) is 52.6 Å². The van der Waals surface area contributed by atoms with E-state index in [0.29, 0.717) is 11.4 Å². The number of para-hydroxylation sites is 1. The largest absolute Gasteiger partial charge is 0.600 e. The van der Waals surface area contributed by atoms with E-state index in [2.05, 4.69) is 18.2 Å². The van der Waals surface area contributed by atoms with Gasteiger partial charge in [0.1, 0.15) is 0 Å². The second kappa shape index (κ2) is 11.0. The van der Waals surface area contributed by atoms with E-state index in [0.717, 1.165) is 24.8 Å². The van der Waals surface area contributed by atoms with Crippen LogP contribution in [-0.4, -0.2) is 12.1 Å². The van der Waals surface area contributed by atoms with Crippen LogP contribution in [0.3, 0.4) is 0 Å². The molecule has 0 spiro atoms. The van der Waals surface area contributed by atoms with Crippen LogP contribution < -0.4 is 5.75 Å². The van der Waals surface area contributed by atoms with Crippen LogP contribution in [0.2, 0.25) is 0 Å². The molecule has 0 radical (unpaired) electrons. The molecule has 0 aliphatic heterocycles. The predicted molar refractivity (Wildman–Crippen MR) is 85.0 cm³/mol. The molecule has 0 bridgehead atoms. The van der Waals surface area contributed by atoms with Crippen molar-refractivity contribution < 1.29 is 65.3 Å². The van der Waals surface area contributed by atoms with Gasteiger partial charge in [-0.3, -0.25) is 9.79 Å². The summed E-state index contributed by atoms with van der Waals surface area (Å²) in [5.41, 5.74) is 1.39. The van der Waals surface area contributed by atoms with Gasteiger partial charge in [0.2, 0.25) is 5.75 Å². The molecule has 1 aromatic heterocycles. The molecule has 0 saturated heterocycles. The molecule has 2 rings (SSSR count). The molecule has 24 heavy (non-hydrogen) atoms. The van der Waals surface area contributed by atoms with Crippen LogP contribution >= 0.6 is 0 Å². The second-order valence-electron chi connectivity index (χ2n) is 5.49. The Morgan fingerprint density at radius 2 is 2.12 bits per heavy atom. The number of ether oxygens (including phenoxy) is 1. The van der Waals surface area contributed by atoms with Crippen LogP contribution in [0.1, 0.15) is 44.4 Å². The van der Waals surface area contributed by atoms with E-state index in [1.165, 1.54) is 0 Å². The first kappa shape index (κ1) is 21.3. The van der Waals surface area contributed by atoms with E-state index in [1.807, 2.05) is 25.1 Å². The molecule has 5 nitrogen and oxygen atoms in total. The van der Waals surface area contributed by atoms with Crippen LogP contribution in [0.4, 0.5) is 5.69 Å². The van der Waals surface area contributed by atoms with E-state index in [-0.39, 0.29) is 71.2 Å². The van der Waals surface area contributed by atoms with Gasteiger partial charge in [-0.2, -0.15) is 0 Å². The number of carbonyl (C=O) groups excluding carboxylic acids is 1. The van der Waals surface area contributed by atoms with Crippen LogP contribution in [0, 0.1) is 60.1 Å². The van der Waals surface area contributed by atoms with Crippen LogP contribution in [0.15, 0.2) is 38.1 Å². The summed E-state index contributed by atoms with van der Waals surface area (Å²) in [6.07, 6.45) is 5.69. The summed E-state index contributed by atoms with van der Waals surface area (Å²) >= 11 is 0. The molecule has 1 unspecified atom stereocenters. The second-order valence-corrected chi connectivity index (χ2v) is 5.49. The van der Waals surface area contributed by atoms with Crippen molar-refractivity contribution in [2.24, 2.45) is 4.99 Å². The van der Waals surface area contributed by atoms with E-state index < -0.39 is 0 Å². The molecule has 0 amide bonds. The predicted octanol–water partition coefficient (Wildman–Crippen LogP) is 3.88. The minimum Gasteiger partial charge on any atom is -0.600 e. The Morgan fingerprint density at radius 3 is 2.79 bits per heavy atom. The normalized spacial score (nSPS) is 12.5. The van der Waals surface area contributed by atoms with Gasteiger partial charge in [0, 0.05) is 52.7 Å². The fourth-order valence-electron chi connectivity index (χ4n) is 2.17. The minimum atomic E-state index is -0.254. The number of esters is 1. The molecular formula is C18H22NO4Yb-. The molecule has 0 N–H and O–H groups in total. The van der Waals surface area contributed by atoms with Gasteiger partial charge in [0.05, 0.1) is 18.2 Å². The van der Waals surface area contributed by atoms with E-state index in [4.69, 9.17) is 13.6 Å². The molecule has 0 fully saturated rings. The summed E-state index contributed by atoms with van der Waals surface area (Å²) in [6, 6.07) is 7.35. The van der Waals surface area contributed by atoms with Crippen molar-refractivity contribution >= 4 is 11.7 Å². The monoisotopic (exact) mass is 490 g/mol. The fraction of sp³-hybridized carbons (Fsp3) is 0.444. The Morgan fingerprint density at radius 1 is 1.38 bits per heavy atom. The Hall–Kier alpha value is -0.781. The third-order valence-electron chi connectivity index (χ3n) is 3.36. The topological polar surface area (TPSA) is 64.9 Å². The number of rotatable bonds is 7. The number of benzene rings is 1.